The smallest absolute Gasteiger partial charge is 0.410 e. The first-order valence-corrected chi connectivity index (χ1v) is 12.7. The van der Waals surface area contributed by atoms with Crippen LogP contribution in [0.2, 0.25) is 0 Å². The number of aromatic nitrogens is 4. The van der Waals surface area contributed by atoms with Crippen LogP contribution in [0.25, 0.3) is 11.2 Å². The van der Waals surface area contributed by atoms with Gasteiger partial charge in [-0.15, -0.1) is 0 Å². The van der Waals surface area contributed by atoms with Gasteiger partial charge in [-0.1, -0.05) is 13.8 Å². The van der Waals surface area contributed by atoms with Gasteiger partial charge < -0.3 is 34.2 Å². The number of hydrogen-bond acceptors (Lipinski definition) is 11. The number of H-pyrrole nitrogens is 1. The van der Waals surface area contributed by atoms with Gasteiger partial charge in [-0.25, -0.2) is 14.6 Å². The van der Waals surface area contributed by atoms with Crippen molar-refractivity contribution in [1.29, 1.82) is 0 Å². The first-order valence-electron chi connectivity index (χ1n) is 12.7. The second kappa shape index (κ2) is 12.2. The number of amides is 3. The molecule has 2 aromatic heterocycles. The van der Waals surface area contributed by atoms with Crippen molar-refractivity contribution in [2.24, 2.45) is 5.92 Å². The lowest BCUT2D eigenvalue weighted by Crippen LogP contribution is -2.43. The molecular weight excluding hydrogens is 530 g/mol. The first-order chi connectivity index (χ1) is 18.6. The van der Waals surface area contributed by atoms with Crippen LogP contribution in [0.3, 0.4) is 0 Å². The number of carbonyl (C=O) groups excluding carboxylic acids is 3. The summed E-state index contributed by atoms with van der Waals surface area (Å²) in [4.78, 5) is 63.1. The zero-order valence-electron chi connectivity index (χ0n) is 23.6. The van der Waals surface area contributed by atoms with Crippen molar-refractivity contribution in [1.82, 2.24) is 29.3 Å². The van der Waals surface area contributed by atoms with Gasteiger partial charge in [0.1, 0.15) is 17.8 Å². The SMILES string of the molecule is CC(C)C(=O)Nc1nc2c(ncn2[C@@H]2O[C@H](CO)[C@@H](O)[C@H]2OC(=O)N(C)CCN(C)C(=O)OC(C)(C)C)c(=O)[nH]1. The van der Waals surface area contributed by atoms with Gasteiger partial charge in [0.05, 0.1) is 12.9 Å². The summed E-state index contributed by atoms with van der Waals surface area (Å²) < 4.78 is 17.9. The van der Waals surface area contributed by atoms with Crippen LogP contribution in [0.15, 0.2) is 11.1 Å². The Morgan fingerprint density at radius 1 is 1.20 bits per heavy atom. The molecule has 2 aromatic rings. The molecule has 16 nitrogen and oxygen atoms in total. The Labute approximate surface area is 230 Å². The number of imidazole rings is 1. The van der Waals surface area contributed by atoms with Crippen molar-refractivity contribution < 1.29 is 38.8 Å². The Morgan fingerprint density at radius 2 is 1.82 bits per heavy atom. The number of aliphatic hydroxyl groups excluding tert-OH is 2. The summed E-state index contributed by atoms with van der Waals surface area (Å²) in [7, 11) is 2.98. The van der Waals surface area contributed by atoms with E-state index in [1.54, 1.807) is 34.6 Å². The minimum Gasteiger partial charge on any atom is -0.444 e. The number of hydrogen-bond donors (Lipinski definition) is 4. The van der Waals surface area contributed by atoms with Crippen LogP contribution < -0.4 is 10.9 Å². The van der Waals surface area contributed by atoms with Gasteiger partial charge in [-0.05, 0) is 20.8 Å². The Balaban J connectivity index is 1.79. The molecule has 3 heterocycles. The van der Waals surface area contributed by atoms with Gasteiger partial charge in [0.25, 0.3) is 5.56 Å². The molecule has 40 heavy (non-hydrogen) atoms. The Morgan fingerprint density at radius 3 is 2.40 bits per heavy atom. The summed E-state index contributed by atoms with van der Waals surface area (Å²) in [5.41, 5.74) is -1.40. The normalized spacial score (nSPS) is 20.9. The van der Waals surface area contributed by atoms with Gasteiger partial charge in [0.2, 0.25) is 11.9 Å². The molecule has 4 N–H and O–H groups in total. The highest BCUT2D eigenvalue weighted by atomic mass is 16.6. The van der Waals surface area contributed by atoms with E-state index in [1.165, 1.54) is 34.8 Å². The maximum Gasteiger partial charge on any atom is 0.410 e. The van der Waals surface area contributed by atoms with E-state index in [1.807, 2.05) is 0 Å². The molecule has 0 spiro atoms. The molecule has 1 fully saturated rings. The predicted octanol–water partition coefficient (Wildman–Crippen LogP) is 0.269. The molecule has 0 saturated carbocycles. The molecule has 1 saturated heterocycles. The lowest BCUT2D eigenvalue weighted by molar-refractivity contribution is -0.118. The number of rotatable bonds is 8. The van der Waals surface area contributed by atoms with Crippen LogP contribution in [-0.4, -0.2) is 115 Å². The van der Waals surface area contributed by atoms with Crippen LogP contribution in [-0.2, 0) is 19.0 Å². The molecule has 3 amide bonds. The second-order valence-electron chi connectivity index (χ2n) is 10.8. The van der Waals surface area contributed by atoms with Gasteiger partial charge in [-0.2, -0.15) is 4.98 Å². The van der Waals surface area contributed by atoms with Crippen molar-refractivity contribution in [3.63, 3.8) is 0 Å². The fourth-order valence-electron chi connectivity index (χ4n) is 3.68. The van der Waals surface area contributed by atoms with E-state index in [2.05, 4.69) is 20.3 Å². The topological polar surface area (TPSA) is 201 Å². The lowest BCUT2D eigenvalue weighted by atomic mass is 10.1. The minimum absolute atomic E-state index is 0.00742. The number of aliphatic hydroxyl groups is 2. The number of anilines is 1. The average Bonchev–Trinajstić information content (AvgIpc) is 3.42. The zero-order chi connectivity index (χ0) is 29.9. The van der Waals surface area contributed by atoms with E-state index in [0.717, 1.165) is 0 Å². The van der Waals surface area contributed by atoms with Crippen molar-refractivity contribution in [2.45, 2.75) is 64.8 Å². The van der Waals surface area contributed by atoms with E-state index in [9.17, 15) is 29.4 Å². The molecule has 3 rings (SSSR count). The molecule has 0 radical (unpaired) electrons. The summed E-state index contributed by atoms with van der Waals surface area (Å²) in [5, 5.41) is 23.0. The Kier molecular flexibility index (Phi) is 9.37. The van der Waals surface area contributed by atoms with Crippen LogP contribution in [0.1, 0.15) is 40.8 Å². The van der Waals surface area contributed by atoms with Crippen LogP contribution >= 0.6 is 0 Å². The van der Waals surface area contributed by atoms with Gasteiger partial charge in [-0.3, -0.25) is 24.5 Å². The summed E-state index contributed by atoms with van der Waals surface area (Å²) >= 11 is 0. The second-order valence-corrected chi connectivity index (χ2v) is 10.8. The number of nitrogens with one attached hydrogen (secondary N) is 2. The van der Waals surface area contributed by atoms with Crippen molar-refractivity contribution >= 4 is 35.2 Å². The monoisotopic (exact) mass is 567 g/mol. The number of ether oxygens (including phenoxy) is 3. The molecule has 1 aliphatic rings. The standard InChI is InChI=1S/C24H37N7O9/c1-12(2)18(34)27-21-26-17-14(19(35)28-21)25-11-31(17)20-16(15(33)13(10-32)38-20)39-22(36)29(6)8-9-30(7)23(37)40-24(3,4)5/h11-13,15-16,20,32-33H,8-10H2,1-7H3,(H2,26,27,28,34,35)/t13-,15-,16-,20-/m1/s1. The Bertz CT molecular complexity index is 1290. The summed E-state index contributed by atoms with van der Waals surface area (Å²) in [5.74, 6) is -0.888. The quantitative estimate of drug-likeness (QED) is 0.341. The summed E-state index contributed by atoms with van der Waals surface area (Å²) in [6.45, 7) is 8.20. The third kappa shape index (κ3) is 7.05. The molecule has 0 aliphatic carbocycles. The molecule has 4 atom stereocenters. The molecule has 0 bridgehead atoms. The third-order valence-corrected chi connectivity index (χ3v) is 5.99. The predicted molar refractivity (Wildman–Crippen MR) is 140 cm³/mol. The maximum absolute atomic E-state index is 12.9. The van der Waals surface area contributed by atoms with Crippen molar-refractivity contribution in [3.05, 3.63) is 16.7 Å². The number of aromatic amines is 1. The third-order valence-electron chi connectivity index (χ3n) is 5.99. The van der Waals surface area contributed by atoms with E-state index < -0.39 is 54.5 Å². The molecule has 222 valence electrons. The molecular formula is C24H37N7O9. The average molecular weight is 568 g/mol. The Hall–Kier alpha value is -3.76. The number of nitrogens with zero attached hydrogens (tertiary/aromatic N) is 5. The first kappa shape index (κ1) is 30.8. The minimum atomic E-state index is -1.43. The van der Waals surface area contributed by atoms with E-state index >= 15 is 0 Å². The largest absolute Gasteiger partial charge is 0.444 e. The van der Waals surface area contributed by atoms with Crippen LogP contribution in [0.5, 0.6) is 0 Å². The fourth-order valence-corrected chi connectivity index (χ4v) is 3.68. The van der Waals surface area contributed by atoms with E-state index in [-0.39, 0.29) is 42.0 Å². The number of likely N-dealkylation sites (N-methyl/N-ethyl adjacent to an activating group) is 2. The molecule has 0 unspecified atom stereocenters. The summed E-state index contributed by atoms with van der Waals surface area (Å²) in [6.07, 6.45) is -5.28. The maximum atomic E-state index is 12.9. The van der Waals surface area contributed by atoms with Crippen LogP contribution in [0.4, 0.5) is 15.5 Å². The summed E-state index contributed by atoms with van der Waals surface area (Å²) in [6, 6.07) is 0. The highest BCUT2D eigenvalue weighted by Crippen LogP contribution is 2.33. The molecule has 16 heteroatoms. The lowest BCUT2D eigenvalue weighted by Gasteiger charge is -2.27. The van der Waals surface area contributed by atoms with Crippen molar-refractivity contribution in [2.75, 3.05) is 39.1 Å². The molecule has 0 aromatic carbocycles. The van der Waals surface area contributed by atoms with Crippen LogP contribution in [0, 0.1) is 5.92 Å². The fraction of sp³-hybridized carbons (Fsp3) is 0.667. The van der Waals surface area contributed by atoms with Gasteiger partial charge >= 0.3 is 12.2 Å². The highest BCUT2D eigenvalue weighted by molar-refractivity contribution is 5.91. The number of carbonyl (C=O) groups is 3. The van der Waals surface area contributed by atoms with Gasteiger partial charge in [0.15, 0.2) is 23.5 Å². The van der Waals surface area contributed by atoms with Crippen molar-refractivity contribution in [3.8, 4) is 0 Å². The number of fused-ring (bicyclic) bond motifs is 1. The zero-order valence-corrected chi connectivity index (χ0v) is 23.6. The molecule has 1 aliphatic heterocycles. The van der Waals surface area contributed by atoms with E-state index in [0.29, 0.717) is 0 Å². The van der Waals surface area contributed by atoms with Gasteiger partial charge in [0, 0.05) is 33.1 Å². The van der Waals surface area contributed by atoms with E-state index in [4.69, 9.17) is 14.2 Å². The highest BCUT2D eigenvalue weighted by Gasteiger charge is 2.48.